The summed E-state index contributed by atoms with van der Waals surface area (Å²) in [5.74, 6) is 1.95. The first-order valence-corrected chi connectivity index (χ1v) is 7.65. The molecule has 0 aromatic carbocycles. The summed E-state index contributed by atoms with van der Waals surface area (Å²) in [6.45, 7) is 1.27. The van der Waals surface area contributed by atoms with Crippen LogP contribution < -0.4 is 0 Å². The molecule has 0 aliphatic carbocycles. The van der Waals surface area contributed by atoms with E-state index in [0.717, 1.165) is 24.8 Å². The predicted molar refractivity (Wildman–Crippen MR) is 68.9 cm³/mol. The van der Waals surface area contributed by atoms with Crippen molar-refractivity contribution in [3.8, 4) is 0 Å². The normalized spacial score (nSPS) is 10.2. The third-order valence-corrected chi connectivity index (χ3v) is 2.35. The number of nitrogens with zero attached hydrogens (tertiary/aromatic N) is 5. The fraction of sp³-hybridized carbons (Fsp3) is 0.400. The van der Waals surface area contributed by atoms with Crippen LogP contribution in [-0.4, -0.2) is 19.1 Å². The molecule has 2 heterocycles. The Balaban J connectivity index is 0.000000492. The Morgan fingerprint density at radius 1 is 1.06 bits per heavy atom. The molecule has 105 valence electrons. The summed E-state index contributed by atoms with van der Waals surface area (Å²) < 4.78 is 3.95. The average Bonchev–Trinajstić information content (AvgIpc) is 2.91. The van der Waals surface area contributed by atoms with Crippen molar-refractivity contribution in [3.05, 3.63) is 41.8 Å². The maximum absolute atomic E-state index is 4.67. The van der Waals surface area contributed by atoms with Gasteiger partial charge in [0, 0.05) is 38.9 Å². The molecule has 0 fully saturated rings. The Morgan fingerprint density at radius 3 is 1.72 bits per heavy atom. The monoisotopic (exact) mass is 337 g/mol. The summed E-state index contributed by atoms with van der Waals surface area (Å²) in [4.78, 5) is 8.40. The van der Waals surface area contributed by atoms with Crippen LogP contribution in [0, 0.1) is 0 Å². The zero-order valence-electron chi connectivity index (χ0n) is 10.0. The average molecular weight is 339 g/mol. The first kappa shape index (κ1) is 15.5. The van der Waals surface area contributed by atoms with Gasteiger partial charge in [-0.05, 0) is 0 Å². The quantitative estimate of drug-likeness (QED) is 0.805. The third-order valence-electron chi connectivity index (χ3n) is 2.35. The van der Waals surface area contributed by atoms with Crippen LogP contribution in [0.3, 0.4) is 0 Å². The molecule has 0 spiro atoms. The van der Waals surface area contributed by atoms with Gasteiger partial charge in [-0.15, -0.1) is 0 Å². The molecular weight excluding hydrogens is 325 g/mol. The topological polar surface area (TPSA) is 49.7 Å². The predicted octanol–water partition coefficient (Wildman–Crippen LogP) is 2.60. The van der Waals surface area contributed by atoms with Crippen molar-refractivity contribution in [2.45, 2.75) is 13.1 Å². The van der Waals surface area contributed by atoms with Gasteiger partial charge in [0.25, 0.3) is 0 Å². The molecule has 0 N–H and O–H groups in total. The molecule has 0 unspecified atom stereocenters. The van der Waals surface area contributed by atoms with Gasteiger partial charge in [0.1, 0.15) is 0 Å². The second-order valence-corrected chi connectivity index (χ2v) is 5.05. The van der Waals surface area contributed by atoms with Crippen molar-refractivity contribution in [3.63, 3.8) is 0 Å². The van der Waals surface area contributed by atoms with Crippen LogP contribution in [0.15, 0.2) is 24.8 Å². The Labute approximate surface area is 121 Å². The Bertz CT molecular complexity index is 416. The van der Waals surface area contributed by atoms with Gasteiger partial charge in [0.15, 0.2) is 0 Å². The summed E-state index contributed by atoms with van der Waals surface area (Å²) in [6.07, 6.45) is 7.41. The molecule has 0 aliphatic rings. The number of imidazole rings is 2. The number of hydrogen-bond donors (Lipinski definition) is 0. The van der Waals surface area contributed by atoms with E-state index in [2.05, 4.69) is 35.5 Å². The molecule has 0 atom stereocenters. The molecule has 5 nitrogen and oxygen atoms in total. The van der Waals surface area contributed by atoms with Crippen LogP contribution in [0.25, 0.3) is 5.32 Å². The first-order valence-electron chi connectivity index (χ1n) is 5.06. The van der Waals surface area contributed by atoms with E-state index in [1.165, 1.54) is 0 Å². The zero-order valence-corrected chi connectivity index (χ0v) is 12.5. The third kappa shape index (κ3) is 5.00. The van der Waals surface area contributed by atoms with Crippen molar-refractivity contribution in [2.24, 2.45) is 14.1 Å². The number of rotatable bonds is 4. The van der Waals surface area contributed by atoms with E-state index in [1.54, 1.807) is 12.4 Å². The standard InChI is InChI=1S/C10H14N5.2ClH.Cu/c1-14-5-3-12-9(14)7-11-8-10-13-4-6-15(10)2;;;/h3-6H,7-8H2,1-2H3;2*1H;/q-1;;;+2/p-2. The fourth-order valence-corrected chi connectivity index (χ4v) is 1.35. The molecule has 0 bridgehead atoms. The number of hydrogen-bond acceptors (Lipinski definition) is 2. The molecule has 8 heteroatoms. The number of aryl methyl sites for hydroxylation is 2. The van der Waals surface area contributed by atoms with Crippen LogP contribution in [0.2, 0.25) is 0 Å². The van der Waals surface area contributed by atoms with Crippen LogP contribution in [0.1, 0.15) is 11.6 Å². The van der Waals surface area contributed by atoms with Crippen LogP contribution in [-0.2, 0) is 40.3 Å². The van der Waals surface area contributed by atoms with Crippen LogP contribution in [0.5, 0.6) is 0 Å². The van der Waals surface area contributed by atoms with E-state index in [4.69, 9.17) is 0 Å². The molecule has 0 aliphatic heterocycles. The second-order valence-electron chi connectivity index (χ2n) is 3.49. The van der Waals surface area contributed by atoms with Crippen molar-refractivity contribution in [1.29, 1.82) is 0 Å². The molecule has 0 amide bonds. The van der Waals surface area contributed by atoms with Crippen LogP contribution in [0.4, 0.5) is 0 Å². The van der Waals surface area contributed by atoms with E-state index in [0.29, 0.717) is 13.1 Å². The van der Waals surface area contributed by atoms with Gasteiger partial charge >= 0.3 is 33.3 Å². The summed E-state index contributed by atoms with van der Waals surface area (Å²) in [5, 5.41) is 4.41. The molecule has 0 saturated carbocycles. The summed E-state index contributed by atoms with van der Waals surface area (Å²) in [6, 6.07) is 0. The van der Waals surface area contributed by atoms with Crippen molar-refractivity contribution in [1.82, 2.24) is 19.1 Å². The van der Waals surface area contributed by atoms with E-state index >= 15 is 0 Å². The molecular formula is C10H14Cl2CuN5-. The number of halogens is 2. The minimum atomic E-state index is 0.635. The van der Waals surface area contributed by atoms with Crippen molar-refractivity contribution >= 4 is 20.2 Å². The van der Waals surface area contributed by atoms with Gasteiger partial charge in [-0.3, -0.25) is 0 Å². The van der Waals surface area contributed by atoms with Gasteiger partial charge < -0.3 is 14.5 Å². The van der Waals surface area contributed by atoms with Gasteiger partial charge in [-0.2, -0.15) is 0 Å². The second kappa shape index (κ2) is 8.56. The van der Waals surface area contributed by atoms with E-state index in [9.17, 15) is 0 Å². The van der Waals surface area contributed by atoms with Crippen molar-refractivity contribution < 1.29 is 13.1 Å². The Hall–Kier alpha value is -0.521. The molecule has 2 aromatic heterocycles. The SMILES string of the molecule is Cn1ccnc1C[N-]Cc1nccn1C.[Cl][Cu][Cl]. The van der Waals surface area contributed by atoms with E-state index < -0.39 is 0 Å². The summed E-state index contributed by atoms with van der Waals surface area (Å²) >= 11 is 0.757. The van der Waals surface area contributed by atoms with Gasteiger partial charge in [0.2, 0.25) is 0 Å². The fourth-order valence-electron chi connectivity index (χ4n) is 1.35. The summed E-state index contributed by atoms with van der Waals surface area (Å²) in [5.41, 5.74) is 0. The molecule has 18 heavy (non-hydrogen) atoms. The Morgan fingerprint density at radius 2 is 1.44 bits per heavy atom. The Kier molecular flexibility index (Phi) is 7.39. The van der Waals surface area contributed by atoms with Crippen LogP contribution >= 0.6 is 20.2 Å². The van der Waals surface area contributed by atoms with Crippen molar-refractivity contribution in [2.75, 3.05) is 0 Å². The van der Waals surface area contributed by atoms with Gasteiger partial charge in [-0.25, -0.2) is 9.97 Å². The molecule has 0 saturated heterocycles. The minimum absolute atomic E-state index is 0.635. The molecule has 0 radical (unpaired) electrons. The zero-order chi connectivity index (χ0) is 13.4. The van der Waals surface area contributed by atoms with E-state index in [-0.39, 0.29) is 0 Å². The van der Waals surface area contributed by atoms with E-state index in [1.807, 2.05) is 35.6 Å². The summed E-state index contributed by atoms with van der Waals surface area (Å²) in [7, 11) is 13.3. The number of aromatic nitrogens is 4. The van der Waals surface area contributed by atoms with Gasteiger partial charge in [-0.1, -0.05) is 13.1 Å². The molecule has 2 rings (SSSR count). The first-order chi connectivity index (χ1) is 8.69. The maximum atomic E-state index is 4.67. The molecule has 2 aromatic rings. The van der Waals surface area contributed by atoms with Gasteiger partial charge in [0.05, 0.1) is 11.6 Å².